The highest BCUT2D eigenvalue weighted by atomic mass is 16.7. The second kappa shape index (κ2) is 5.82. The van der Waals surface area contributed by atoms with E-state index < -0.39 is 0 Å². The fourth-order valence-electron chi connectivity index (χ4n) is 1.48. The van der Waals surface area contributed by atoms with Gasteiger partial charge in [0.05, 0.1) is 19.0 Å². The summed E-state index contributed by atoms with van der Waals surface area (Å²) in [5.74, 6) is 0. The third kappa shape index (κ3) is 3.16. The minimum atomic E-state index is 0.989. The zero-order valence-electron chi connectivity index (χ0n) is 9.73. The van der Waals surface area contributed by atoms with Gasteiger partial charge in [0.25, 0.3) is 0 Å². The van der Waals surface area contributed by atoms with Crippen LogP contribution in [0.2, 0.25) is 0 Å². The molecule has 0 spiro atoms. The lowest BCUT2D eigenvalue weighted by atomic mass is 10.3. The lowest BCUT2D eigenvalue weighted by Gasteiger charge is -2.15. The third-order valence-electron chi connectivity index (χ3n) is 2.32. The van der Waals surface area contributed by atoms with Gasteiger partial charge in [0, 0.05) is 12.1 Å². The van der Waals surface area contributed by atoms with Crippen LogP contribution in [0.4, 0.5) is 5.69 Å². The Morgan fingerprint density at radius 2 is 1.65 bits per heavy atom. The molecule has 0 N–H and O–H groups in total. The normalized spacial score (nSPS) is 10.6. The van der Waals surface area contributed by atoms with E-state index in [1.807, 2.05) is 77.9 Å². The average Bonchev–Trinajstić information content (AvgIpc) is 2.42. The molecule has 0 radical (unpaired) electrons. The van der Waals surface area contributed by atoms with Crippen LogP contribution in [0.3, 0.4) is 0 Å². The Bertz CT molecular complexity index is 468. The summed E-state index contributed by atoms with van der Waals surface area (Å²) in [5, 5.41) is 1.71. The number of rotatable bonds is 4. The van der Waals surface area contributed by atoms with Crippen molar-refractivity contribution in [3.05, 3.63) is 67.1 Å². The molecule has 1 aromatic heterocycles. The molecule has 3 nitrogen and oxygen atoms in total. The Balaban J connectivity index is 2.14. The highest BCUT2D eigenvalue weighted by Gasteiger charge is 2.01. The van der Waals surface area contributed by atoms with Gasteiger partial charge in [-0.15, -0.1) is 0 Å². The van der Waals surface area contributed by atoms with Crippen molar-refractivity contribution in [2.24, 2.45) is 0 Å². The molecule has 86 valence electrons. The second-order valence-electron chi connectivity index (χ2n) is 3.46. The topological polar surface area (TPSA) is 16.4 Å². The predicted octanol–water partition coefficient (Wildman–Crippen LogP) is 2.47. The van der Waals surface area contributed by atoms with Crippen molar-refractivity contribution in [1.29, 1.82) is 0 Å². The van der Waals surface area contributed by atoms with Crippen LogP contribution in [0.25, 0.3) is 6.20 Å². The summed E-state index contributed by atoms with van der Waals surface area (Å²) in [5.41, 5.74) is 0.989. The van der Waals surface area contributed by atoms with Crippen LogP contribution in [-0.2, 0) is 4.84 Å². The maximum Gasteiger partial charge on any atom is 0.193 e. The molecule has 0 bridgehead atoms. The maximum absolute atomic E-state index is 5.29. The Hall–Kier alpha value is -2.13. The predicted molar refractivity (Wildman–Crippen MR) is 67.9 cm³/mol. The Morgan fingerprint density at radius 3 is 2.29 bits per heavy atom. The van der Waals surface area contributed by atoms with Crippen LogP contribution in [-0.4, -0.2) is 7.11 Å². The molecular weight excluding hydrogens is 212 g/mol. The Labute approximate surface area is 101 Å². The first kappa shape index (κ1) is 11.4. The number of benzene rings is 1. The molecule has 2 rings (SSSR count). The molecule has 1 aromatic carbocycles. The van der Waals surface area contributed by atoms with E-state index in [0.717, 1.165) is 5.69 Å². The molecule has 0 saturated heterocycles. The SMILES string of the molecule is CON(C=C[n+]1ccccc1)c1ccccc1. The van der Waals surface area contributed by atoms with Gasteiger partial charge < -0.3 is 0 Å². The van der Waals surface area contributed by atoms with Crippen LogP contribution >= 0.6 is 0 Å². The number of nitrogens with zero attached hydrogens (tertiary/aromatic N) is 2. The lowest BCUT2D eigenvalue weighted by Crippen LogP contribution is -2.26. The van der Waals surface area contributed by atoms with Gasteiger partial charge in [-0.2, -0.15) is 4.57 Å². The number of hydrogen-bond acceptors (Lipinski definition) is 2. The van der Waals surface area contributed by atoms with E-state index in [4.69, 9.17) is 4.84 Å². The molecule has 0 atom stereocenters. The van der Waals surface area contributed by atoms with Crippen LogP contribution in [0.1, 0.15) is 0 Å². The summed E-state index contributed by atoms with van der Waals surface area (Å²) in [6, 6.07) is 15.8. The van der Waals surface area contributed by atoms with Gasteiger partial charge in [-0.1, -0.05) is 24.3 Å². The summed E-state index contributed by atoms with van der Waals surface area (Å²) in [4.78, 5) is 5.29. The van der Waals surface area contributed by atoms with E-state index in [1.54, 1.807) is 12.2 Å². The van der Waals surface area contributed by atoms with Gasteiger partial charge in [-0.05, 0) is 12.1 Å². The summed E-state index contributed by atoms with van der Waals surface area (Å²) >= 11 is 0. The lowest BCUT2D eigenvalue weighted by molar-refractivity contribution is -0.568. The number of pyridine rings is 1. The van der Waals surface area contributed by atoms with Crippen molar-refractivity contribution in [3.63, 3.8) is 0 Å². The van der Waals surface area contributed by atoms with Gasteiger partial charge in [-0.3, -0.25) is 4.84 Å². The van der Waals surface area contributed by atoms with Crippen molar-refractivity contribution >= 4 is 11.9 Å². The van der Waals surface area contributed by atoms with Gasteiger partial charge in [-0.25, -0.2) is 5.06 Å². The summed E-state index contributed by atoms with van der Waals surface area (Å²) in [6.07, 6.45) is 7.73. The standard InChI is InChI=1S/C14H15N2O/c1-17-16(14-8-4-2-5-9-14)13-12-15-10-6-3-7-11-15/h2-13H,1H3/q+1. The van der Waals surface area contributed by atoms with Crippen molar-refractivity contribution < 1.29 is 9.40 Å². The van der Waals surface area contributed by atoms with E-state index in [-0.39, 0.29) is 0 Å². The fraction of sp³-hybridized carbons (Fsp3) is 0.0714. The molecule has 0 unspecified atom stereocenters. The fourth-order valence-corrected chi connectivity index (χ4v) is 1.48. The Kier molecular flexibility index (Phi) is 3.89. The van der Waals surface area contributed by atoms with Crippen molar-refractivity contribution in [2.45, 2.75) is 0 Å². The first-order valence-corrected chi connectivity index (χ1v) is 5.42. The summed E-state index contributed by atoms with van der Waals surface area (Å²) in [7, 11) is 1.65. The molecule has 3 heteroatoms. The molecule has 0 saturated carbocycles. The van der Waals surface area contributed by atoms with Crippen molar-refractivity contribution in [2.75, 3.05) is 12.2 Å². The van der Waals surface area contributed by atoms with Crippen LogP contribution in [0.5, 0.6) is 0 Å². The number of anilines is 1. The number of para-hydroxylation sites is 1. The first-order valence-electron chi connectivity index (χ1n) is 5.42. The molecule has 1 heterocycles. The number of hydroxylamine groups is 1. The molecule has 2 aromatic rings. The zero-order chi connectivity index (χ0) is 11.9. The number of hydrogen-bond donors (Lipinski definition) is 0. The van der Waals surface area contributed by atoms with Gasteiger partial charge in [0.1, 0.15) is 0 Å². The zero-order valence-corrected chi connectivity index (χ0v) is 9.73. The molecule has 0 amide bonds. The summed E-state index contributed by atoms with van der Waals surface area (Å²) in [6.45, 7) is 0. The first-order chi connectivity index (χ1) is 8.40. The smallest absolute Gasteiger partial charge is 0.193 e. The molecule has 0 aliphatic rings. The van der Waals surface area contributed by atoms with Gasteiger partial charge in [0.15, 0.2) is 18.6 Å². The van der Waals surface area contributed by atoms with E-state index in [0.29, 0.717) is 0 Å². The average molecular weight is 227 g/mol. The molecule has 17 heavy (non-hydrogen) atoms. The van der Waals surface area contributed by atoms with Gasteiger partial charge >= 0.3 is 0 Å². The maximum atomic E-state index is 5.29. The van der Waals surface area contributed by atoms with E-state index in [1.165, 1.54) is 0 Å². The summed E-state index contributed by atoms with van der Waals surface area (Å²) < 4.78 is 1.95. The Morgan fingerprint density at radius 1 is 1.00 bits per heavy atom. The van der Waals surface area contributed by atoms with E-state index >= 15 is 0 Å². The monoisotopic (exact) mass is 227 g/mol. The second-order valence-corrected chi connectivity index (χ2v) is 3.46. The molecule has 0 aliphatic carbocycles. The van der Waals surface area contributed by atoms with Gasteiger partial charge in [0.2, 0.25) is 0 Å². The van der Waals surface area contributed by atoms with Crippen LogP contribution in [0, 0.1) is 0 Å². The highest BCUT2D eigenvalue weighted by molar-refractivity contribution is 5.47. The van der Waals surface area contributed by atoms with Crippen LogP contribution < -0.4 is 9.63 Å². The largest absolute Gasteiger partial charge is 0.272 e. The molecule has 0 aliphatic heterocycles. The van der Waals surface area contributed by atoms with E-state index in [9.17, 15) is 0 Å². The van der Waals surface area contributed by atoms with Crippen LogP contribution in [0.15, 0.2) is 67.1 Å². The quantitative estimate of drug-likeness (QED) is 0.589. The minimum absolute atomic E-state index is 0.989. The number of aromatic nitrogens is 1. The van der Waals surface area contributed by atoms with Crippen molar-refractivity contribution in [3.8, 4) is 0 Å². The van der Waals surface area contributed by atoms with Crippen molar-refractivity contribution in [1.82, 2.24) is 0 Å². The minimum Gasteiger partial charge on any atom is -0.272 e. The molecular formula is C14H15N2O+. The third-order valence-corrected chi connectivity index (χ3v) is 2.32. The molecule has 0 fully saturated rings. The highest BCUT2D eigenvalue weighted by Crippen LogP contribution is 2.12. The van der Waals surface area contributed by atoms with E-state index in [2.05, 4.69) is 0 Å².